The van der Waals surface area contributed by atoms with Gasteiger partial charge in [0, 0.05) is 13.1 Å². The first-order valence-corrected chi connectivity index (χ1v) is 5.65. The summed E-state index contributed by atoms with van der Waals surface area (Å²) in [5, 5.41) is 3.29. The molecular formula is C12H18N4. The van der Waals surface area contributed by atoms with Crippen LogP contribution in [0.4, 0.5) is 0 Å². The molecule has 0 bridgehead atoms. The fraction of sp³-hybridized carbons (Fsp3) is 0.417. The molecule has 0 amide bonds. The standard InChI is InChI=1S/C12H18N4/c1-9-15-11-3-2-10(8-12(11)16-9)4-6-14-7-5-13/h2-3,8,14H,4-7,13H2,1H3,(H,15,16). The van der Waals surface area contributed by atoms with E-state index in [4.69, 9.17) is 5.73 Å². The number of fused-ring (bicyclic) bond motifs is 1. The lowest BCUT2D eigenvalue weighted by atomic mass is 10.1. The molecule has 1 aromatic heterocycles. The molecule has 16 heavy (non-hydrogen) atoms. The second kappa shape index (κ2) is 5.09. The Balaban J connectivity index is 2.02. The molecule has 2 aromatic rings. The van der Waals surface area contributed by atoms with Gasteiger partial charge in [-0.3, -0.25) is 0 Å². The predicted octanol–water partition coefficient (Wildman–Crippen LogP) is 0.962. The molecule has 0 aliphatic heterocycles. The second-order valence-corrected chi connectivity index (χ2v) is 3.96. The molecule has 0 unspecified atom stereocenters. The molecule has 0 spiro atoms. The lowest BCUT2D eigenvalue weighted by molar-refractivity contribution is 0.689. The van der Waals surface area contributed by atoms with Crippen LogP contribution in [0.3, 0.4) is 0 Å². The Morgan fingerprint density at radius 3 is 3.06 bits per heavy atom. The number of aromatic nitrogens is 2. The Bertz CT molecular complexity index is 461. The van der Waals surface area contributed by atoms with Gasteiger partial charge in [0.05, 0.1) is 11.0 Å². The fourth-order valence-corrected chi connectivity index (χ4v) is 1.80. The molecule has 1 heterocycles. The zero-order valence-electron chi connectivity index (χ0n) is 9.59. The number of rotatable bonds is 5. The largest absolute Gasteiger partial charge is 0.342 e. The van der Waals surface area contributed by atoms with Gasteiger partial charge in [0.15, 0.2) is 0 Å². The molecule has 0 atom stereocenters. The van der Waals surface area contributed by atoms with E-state index in [-0.39, 0.29) is 0 Å². The van der Waals surface area contributed by atoms with Gasteiger partial charge < -0.3 is 16.0 Å². The number of nitrogens with one attached hydrogen (secondary N) is 2. The summed E-state index contributed by atoms with van der Waals surface area (Å²) in [6.07, 6.45) is 1.02. The average molecular weight is 218 g/mol. The van der Waals surface area contributed by atoms with Crippen molar-refractivity contribution >= 4 is 11.0 Å². The van der Waals surface area contributed by atoms with E-state index in [9.17, 15) is 0 Å². The molecule has 4 N–H and O–H groups in total. The van der Waals surface area contributed by atoms with Gasteiger partial charge in [0.25, 0.3) is 0 Å². The molecule has 4 heteroatoms. The van der Waals surface area contributed by atoms with E-state index in [1.54, 1.807) is 0 Å². The maximum absolute atomic E-state index is 5.41. The number of hydrogen-bond acceptors (Lipinski definition) is 3. The first-order valence-electron chi connectivity index (χ1n) is 5.65. The number of H-pyrrole nitrogens is 1. The van der Waals surface area contributed by atoms with Gasteiger partial charge in [-0.2, -0.15) is 0 Å². The zero-order chi connectivity index (χ0) is 11.4. The van der Waals surface area contributed by atoms with Crippen LogP contribution in [0, 0.1) is 6.92 Å². The van der Waals surface area contributed by atoms with E-state index >= 15 is 0 Å². The third-order valence-electron chi connectivity index (χ3n) is 2.58. The van der Waals surface area contributed by atoms with Gasteiger partial charge in [-0.25, -0.2) is 4.98 Å². The van der Waals surface area contributed by atoms with Gasteiger partial charge in [-0.1, -0.05) is 6.07 Å². The summed E-state index contributed by atoms with van der Waals surface area (Å²) >= 11 is 0. The van der Waals surface area contributed by atoms with Crippen molar-refractivity contribution in [3.8, 4) is 0 Å². The van der Waals surface area contributed by atoms with Gasteiger partial charge in [-0.05, 0) is 37.6 Å². The first-order chi connectivity index (χ1) is 7.79. The maximum atomic E-state index is 5.41. The molecule has 0 aliphatic rings. The SMILES string of the molecule is Cc1nc2ccc(CCNCCN)cc2[nH]1. The van der Waals surface area contributed by atoms with Gasteiger partial charge in [0.2, 0.25) is 0 Å². The lowest BCUT2D eigenvalue weighted by Gasteiger charge is -2.03. The van der Waals surface area contributed by atoms with E-state index in [0.717, 1.165) is 36.4 Å². The van der Waals surface area contributed by atoms with Gasteiger partial charge in [0.1, 0.15) is 5.82 Å². The van der Waals surface area contributed by atoms with Gasteiger partial charge >= 0.3 is 0 Å². The Morgan fingerprint density at radius 2 is 2.25 bits per heavy atom. The summed E-state index contributed by atoms with van der Waals surface area (Å²) in [4.78, 5) is 7.63. The summed E-state index contributed by atoms with van der Waals surface area (Å²) in [5.41, 5.74) is 8.89. The van der Waals surface area contributed by atoms with Crippen molar-refractivity contribution in [1.82, 2.24) is 15.3 Å². The Kier molecular flexibility index (Phi) is 3.54. The molecule has 86 valence electrons. The molecule has 0 radical (unpaired) electrons. The maximum Gasteiger partial charge on any atom is 0.104 e. The van der Waals surface area contributed by atoms with Crippen LogP contribution in [0.2, 0.25) is 0 Å². The average Bonchev–Trinajstić information content (AvgIpc) is 2.64. The predicted molar refractivity (Wildman–Crippen MR) is 66.5 cm³/mol. The van der Waals surface area contributed by atoms with Crippen LogP contribution in [-0.2, 0) is 6.42 Å². The quantitative estimate of drug-likeness (QED) is 0.655. The van der Waals surface area contributed by atoms with E-state index < -0.39 is 0 Å². The monoisotopic (exact) mass is 218 g/mol. The topological polar surface area (TPSA) is 66.7 Å². The van der Waals surface area contributed by atoms with Crippen LogP contribution < -0.4 is 11.1 Å². The van der Waals surface area contributed by atoms with Gasteiger partial charge in [-0.15, -0.1) is 0 Å². The molecule has 0 saturated heterocycles. The smallest absolute Gasteiger partial charge is 0.104 e. The highest BCUT2D eigenvalue weighted by molar-refractivity contribution is 5.75. The third kappa shape index (κ3) is 2.59. The lowest BCUT2D eigenvalue weighted by Crippen LogP contribution is -2.24. The van der Waals surface area contributed by atoms with Crippen molar-refractivity contribution in [2.45, 2.75) is 13.3 Å². The summed E-state index contributed by atoms with van der Waals surface area (Å²) in [6.45, 7) is 4.52. The number of hydrogen-bond donors (Lipinski definition) is 3. The molecule has 1 aromatic carbocycles. The van der Waals surface area contributed by atoms with E-state index in [1.165, 1.54) is 5.56 Å². The summed E-state index contributed by atoms with van der Waals surface area (Å²) in [5.74, 6) is 0.966. The minimum atomic E-state index is 0.693. The minimum Gasteiger partial charge on any atom is -0.342 e. The number of nitrogens with two attached hydrogens (primary N) is 1. The van der Waals surface area contributed by atoms with E-state index in [1.807, 2.05) is 6.92 Å². The van der Waals surface area contributed by atoms with E-state index in [2.05, 4.69) is 33.5 Å². The fourth-order valence-electron chi connectivity index (χ4n) is 1.80. The second-order valence-electron chi connectivity index (χ2n) is 3.96. The first kappa shape index (κ1) is 11.1. The van der Waals surface area contributed by atoms with Crippen LogP contribution in [-0.4, -0.2) is 29.6 Å². The van der Waals surface area contributed by atoms with Crippen LogP contribution in [0.25, 0.3) is 11.0 Å². The van der Waals surface area contributed by atoms with Crippen molar-refractivity contribution in [1.29, 1.82) is 0 Å². The van der Waals surface area contributed by atoms with E-state index in [0.29, 0.717) is 6.54 Å². The number of benzene rings is 1. The third-order valence-corrected chi connectivity index (χ3v) is 2.58. The Hall–Kier alpha value is -1.39. The normalized spacial score (nSPS) is 11.1. The van der Waals surface area contributed by atoms with Crippen molar-refractivity contribution < 1.29 is 0 Å². The number of nitrogens with zero attached hydrogens (tertiary/aromatic N) is 1. The van der Waals surface area contributed by atoms with Crippen molar-refractivity contribution in [2.75, 3.05) is 19.6 Å². The molecular weight excluding hydrogens is 200 g/mol. The highest BCUT2D eigenvalue weighted by Crippen LogP contribution is 2.13. The molecule has 2 rings (SSSR count). The van der Waals surface area contributed by atoms with Crippen LogP contribution in [0.5, 0.6) is 0 Å². The molecule has 0 aliphatic carbocycles. The zero-order valence-corrected chi connectivity index (χ0v) is 9.59. The number of aryl methyl sites for hydroxylation is 1. The van der Waals surface area contributed by atoms with Crippen molar-refractivity contribution in [3.63, 3.8) is 0 Å². The van der Waals surface area contributed by atoms with Crippen molar-refractivity contribution in [2.24, 2.45) is 5.73 Å². The number of aromatic amines is 1. The van der Waals surface area contributed by atoms with Crippen LogP contribution >= 0.6 is 0 Å². The van der Waals surface area contributed by atoms with Crippen molar-refractivity contribution in [3.05, 3.63) is 29.6 Å². The summed E-state index contributed by atoms with van der Waals surface area (Å²) < 4.78 is 0. The Morgan fingerprint density at radius 1 is 1.38 bits per heavy atom. The van der Waals surface area contributed by atoms with Crippen LogP contribution in [0.15, 0.2) is 18.2 Å². The molecule has 0 fully saturated rings. The molecule has 0 saturated carbocycles. The summed E-state index contributed by atoms with van der Waals surface area (Å²) in [7, 11) is 0. The number of imidazole rings is 1. The highest BCUT2D eigenvalue weighted by atomic mass is 14.9. The Labute approximate surface area is 95.3 Å². The highest BCUT2D eigenvalue weighted by Gasteiger charge is 2.00. The summed E-state index contributed by atoms with van der Waals surface area (Å²) in [6, 6.07) is 6.36. The van der Waals surface area contributed by atoms with Crippen LogP contribution in [0.1, 0.15) is 11.4 Å². The molecule has 4 nitrogen and oxygen atoms in total. The minimum absolute atomic E-state index is 0.693.